The fourth-order valence-electron chi connectivity index (χ4n) is 3.06. The van der Waals surface area contributed by atoms with Gasteiger partial charge in [-0.25, -0.2) is 4.98 Å². The third-order valence-corrected chi connectivity index (χ3v) is 5.14. The minimum atomic E-state index is 0.741. The minimum absolute atomic E-state index is 0.741. The Kier molecular flexibility index (Phi) is 4.76. The van der Waals surface area contributed by atoms with E-state index in [1.54, 1.807) is 11.3 Å². The zero-order valence-corrected chi connectivity index (χ0v) is 13.8. The average Bonchev–Trinajstić information content (AvgIpc) is 2.96. The molecule has 1 N–H and O–H groups in total. The topological polar surface area (TPSA) is 28.2 Å². The molecule has 2 aromatic heterocycles. The van der Waals surface area contributed by atoms with Crippen molar-refractivity contribution in [1.82, 2.24) is 10.3 Å². The molecule has 1 saturated heterocycles. The second kappa shape index (κ2) is 6.75. The molecule has 2 aromatic rings. The summed E-state index contributed by atoms with van der Waals surface area (Å²) < 4.78 is 1.35. The monoisotopic (exact) mass is 303 g/mol. The van der Waals surface area contributed by atoms with Crippen LogP contribution in [-0.4, -0.2) is 31.2 Å². The average molecular weight is 303 g/mol. The van der Waals surface area contributed by atoms with Gasteiger partial charge in [-0.3, -0.25) is 0 Å². The quantitative estimate of drug-likeness (QED) is 0.911. The summed E-state index contributed by atoms with van der Waals surface area (Å²) in [6.07, 6.45) is 4.49. The van der Waals surface area contributed by atoms with E-state index in [0.29, 0.717) is 0 Å². The highest BCUT2D eigenvalue weighted by atomic mass is 32.1. The predicted octanol–water partition coefficient (Wildman–Crippen LogP) is 3.76. The molecule has 114 valence electrons. The van der Waals surface area contributed by atoms with E-state index >= 15 is 0 Å². The van der Waals surface area contributed by atoms with Gasteiger partial charge in [0.2, 0.25) is 0 Å². The first-order chi connectivity index (χ1) is 10.2. The van der Waals surface area contributed by atoms with Gasteiger partial charge in [0.15, 0.2) is 0 Å². The smallest absolute Gasteiger partial charge is 0.137 e. The van der Waals surface area contributed by atoms with Gasteiger partial charge in [0.05, 0.1) is 0 Å². The van der Waals surface area contributed by atoms with Crippen molar-refractivity contribution in [3.05, 3.63) is 23.7 Å². The fourth-order valence-corrected chi connectivity index (χ4v) is 3.83. The van der Waals surface area contributed by atoms with Crippen LogP contribution < -0.4 is 10.2 Å². The number of rotatable bonds is 5. The Morgan fingerprint density at radius 3 is 2.90 bits per heavy atom. The van der Waals surface area contributed by atoms with Crippen molar-refractivity contribution in [1.29, 1.82) is 0 Å². The number of pyridine rings is 1. The van der Waals surface area contributed by atoms with Gasteiger partial charge >= 0.3 is 0 Å². The molecule has 0 spiro atoms. The van der Waals surface area contributed by atoms with Crippen LogP contribution in [0.15, 0.2) is 23.7 Å². The lowest BCUT2D eigenvalue weighted by Gasteiger charge is -2.33. The van der Waals surface area contributed by atoms with Crippen LogP contribution in [0.1, 0.15) is 26.7 Å². The lowest BCUT2D eigenvalue weighted by Crippen LogP contribution is -2.38. The molecule has 3 rings (SSSR count). The highest BCUT2D eigenvalue weighted by Gasteiger charge is 2.21. The van der Waals surface area contributed by atoms with E-state index in [9.17, 15) is 0 Å². The van der Waals surface area contributed by atoms with Gasteiger partial charge in [-0.2, -0.15) is 0 Å². The maximum atomic E-state index is 4.63. The zero-order chi connectivity index (χ0) is 14.7. The molecule has 0 aromatic carbocycles. The molecule has 0 saturated carbocycles. The summed E-state index contributed by atoms with van der Waals surface area (Å²) in [7, 11) is 0. The van der Waals surface area contributed by atoms with E-state index in [4.69, 9.17) is 0 Å². The van der Waals surface area contributed by atoms with Crippen LogP contribution >= 0.6 is 11.3 Å². The lowest BCUT2D eigenvalue weighted by molar-refractivity contribution is 0.373. The first-order valence-corrected chi connectivity index (χ1v) is 8.90. The highest BCUT2D eigenvalue weighted by Crippen LogP contribution is 2.30. The number of nitrogens with zero attached hydrogens (tertiary/aromatic N) is 2. The molecule has 0 atom stereocenters. The van der Waals surface area contributed by atoms with Crippen molar-refractivity contribution >= 4 is 27.2 Å². The molecule has 0 radical (unpaired) electrons. The Bertz CT molecular complexity index is 570. The summed E-state index contributed by atoms with van der Waals surface area (Å²) in [6, 6.07) is 4.32. The molecular formula is C17H25N3S. The maximum absolute atomic E-state index is 4.63. The minimum Gasteiger partial charge on any atom is -0.356 e. The first-order valence-electron chi connectivity index (χ1n) is 8.02. The van der Waals surface area contributed by atoms with Gasteiger partial charge < -0.3 is 10.2 Å². The van der Waals surface area contributed by atoms with E-state index in [0.717, 1.165) is 31.5 Å². The van der Waals surface area contributed by atoms with E-state index in [1.165, 1.54) is 35.3 Å². The Morgan fingerprint density at radius 1 is 1.33 bits per heavy atom. The second-order valence-corrected chi connectivity index (χ2v) is 7.40. The van der Waals surface area contributed by atoms with Crippen LogP contribution in [-0.2, 0) is 0 Å². The summed E-state index contributed by atoms with van der Waals surface area (Å²) in [6.45, 7) is 9.11. The summed E-state index contributed by atoms with van der Waals surface area (Å²) in [5.74, 6) is 2.74. The highest BCUT2D eigenvalue weighted by molar-refractivity contribution is 7.17. The number of hydrogen-bond acceptors (Lipinski definition) is 4. The number of aromatic nitrogens is 1. The third-order valence-electron chi connectivity index (χ3n) is 4.26. The second-order valence-electron chi connectivity index (χ2n) is 6.45. The summed E-state index contributed by atoms with van der Waals surface area (Å²) in [5.41, 5.74) is 0. The van der Waals surface area contributed by atoms with E-state index < -0.39 is 0 Å². The molecule has 0 bridgehead atoms. The Labute approximate surface area is 131 Å². The molecule has 1 aliphatic heterocycles. The lowest BCUT2D eigenvalue weighted by atomic mass is 9.96. The Morgan fingerprint density at radius 2 is 2.14 bits per heavy atom. The van der Waals surface area contributed by atoms with Gasteiger partial charge in [0, 0.05) is 29.4 Å². The third kappa shape index (κ3) is 3.55. The van der Waals surface area contributed by atoms with Crippen LogP contribution in [0.5, 0.6) is 0 Å². The van der Waals surface area contributed by atoms with Gasteiger partial charge in [-0.1, -0.05) is 13.8 Å². The molecule has 1 aliphatic rings. The summed E-state index contributed by atoms with van der Waals surface area (Å²) in [5, 5.41) is 7.09. The van der Waals surface area contributed by atoms with Crippen molar-refractivity contribution in [3.63, 3.8) is 0 Å². The van der Waals surface area contributed by atoms with Gasteiger partial charge in [0.25, 0.3) is 0 Å². The van der Waals surface area contributed by atoms with Crippen molar-refractivity contribution in [2.75, 3.05) is 31.1 Å². The van der Waals surface area contributed by atoms with E-state index in [-0.39, 0.29) is 0 Å². The Hall–Kier alpha value is -1.13. The standard InChI is InChI=1S/C17H25N3S/c1-13(2)11-18-12-14-4-8-20(9-5-14)17-15-6-10-21-16(15)3-7-19-17/h3,6-7,10,13-14,18H,4-5,8-9,11-12H2,1-2H3. The molecule has 0 unspecified atom stereocenters. The number of hydrogen-bond donors (Lipinski definition) is 1. The number of nitrogens with one attached hydrogen (secondary N) is 1. The van der Waals surface area contributed by atoms with Crippen LogP contribution in [0, 0.1) is 11.8 Å². The van der Waals surface area contributed by atoms with E-state index in [2.05, 4.69) is 46.6 Å². The fraction of sp³-hybridized carbons (Fsp3) is 0.588. The molecule has 21 heavy (non-hydrogen) atoms. The van der Waals surface area contributed by atoms with Crippen LogP contribution in [0.4, 0.5) is 5.82 Å². The largest absolute Gasteiger partial charge is 0.356 e. The number of anilines is 1. The Balaban J connectivity index is 1.57. The molecule has 3 nitrogen and oxygen atoms in total. The number of piperidine rings is 1. The normalized spacial score (nSPS) is 17.0. The van der Waals surface area contributed by atoms with Crippen LogP contribution in [0.3, 0.4) is 0 Å². The van der Waals surface area contributed by atoms with Gasteiger partial charge in [-0.05, 0) is 55.3 Å². The summed E-state index contributed by atoms with van der Waals surface area (Å²) in [4.78, 5) is 7.10. The molecular weight excluding hydrogens is 278 g/mol. The van der Waals surface area contributed by atoms with Crippen molar-refractivity contribution in [3.8, 4) is 0 Å². The number of fused-ring (bicyclic) bond motifs is 1. The van der Waals surface area contributed by atoms with Crippen molar-refractivity contribution in [2.45, 2.75) is 26.7 Å². The van der Waals surface area contributed by atoms with Crippen LogP contribution in [0.2, 0.25) is 0 Å². The van der Waals surface area contributed by atoms with Crippen LogP contribution in [0.25, 0.3) is 10.1 Å². The molecule has 1 fully saturated rings. The molecule has 4 heteroatoms. The van der Waals surface area contributed by atoms with E-state index in [1.807, 2.05) is 6.20 Å². The van der Waals surface area contributed by atoms with Crippen molar-refractivity contribution < 1.29 is 0 Å². The van der Waals surface area contributed by atoms with Gasteiger partial charge in [0.1, 0.15) is 5.82 Å². The SMILES string of the molecule is CC(C)CNCC1CCN(c2nccc3sccc23)CC1. The van der Waals surface area contributed by atoms with Crippen molar-refractivity contribution in [2.24, 2.45) is 11.8 Å². The molecule has 0 aliphatic carbocycles. The maximum Gasteiger partial charge on any atom is 0.137 e. The summed E-state index contributed by atoms with van der Waals surface area (Å²) >= 11 is 1.80. The van der Waals surface area contributed by atoms with Gasteiger partial charge in [-0.15, -0.1) is 11.3 Å². The predicted molar refractivity (Wildman–Crippen MR) is 92.3 cm³/mol. The zero-order valence-electron chi connectivity index (χ0n) is 13.0. The molecule has 3 heterocycles. The molecule has 0 amide bonds. The first kappa shape index (κ1) is 14.8. The number of thiophene rings is 1.